The zero-order valence-electron chi connectivity index (χ0n) is 11.9. The topological polar surface area (TPSA) is 47.3 Å². The maximum Gasteiger partial charge on any atom is 0.169 e. The first-order chi connectivity index (χ1) is 9.11. The van der Waals surface area contributed by atoms with Crippen molar-refractivity contribution in [3.05, 3.63) is 41.5 Å². The van der Waals surface area contributed by atoms with Crippen LogP contribution in [0.1, 0.15) is 37.0 Å². The number of pyridine rings is 1. The van der Waals surface area contributed by atoms with Crippen LogP contribution in [0.15, 0.2) is 28.8 Å². The van der Waals surface area contributed by atoms with Crippen molar-refractivity contribution in [2.75, 3.05) is 11.9 Å². The average molecular weight is 260 g/mol. The van der Waals surface area contributed by atoms with Gasteiger partial charge in [0, 0.05) is 11.8 Å². The number of anilines is 1. The van der Waals surface area contributed by atoms with Crippen molar-refractivity contribution in [1.82, 2.24) is 4.98 Å². The van der Waals surface area contributed by atoms with Crippen molar-refractivity contribution >= 4 is 5.82 Å². The first-order valence-electron chi connectivity index (χ1n) is 6.53. The Balaban J connectivity index is 2.19. The number of hydrogen-bond acceptors (Lipinski definition) is 4. The number of rotatable bonds is 5. The summed E-state index contributed by atoms with van der Waals surface area (Å²) in [5.74, 6) is 3.39. The first-order valence-corrected chi connectivity index (χ1v) is 6.53. The minimum Gasteiger partial charge on any atom is -0.490 e. The molecule has 0 aliphatic heterocycles. The van der Waals surface area contributed by atoms with Crippen LogP contribution in [0.5, 0.6) is 5.75 Å². The second-order valence-electron chi connectivity index (χ2n) is 4.52. The molecule has 4 nitrogen and oxygen atoms in total. The molecule has 4 heteroatoms. The Bertz CT molecular complexity index is 549. The smallest absolute Gasteiger partial charge is 0.169 e. The van der Waals surface area contributed by atoms with Gasteiger partial charge in [0.15, 0.2) is 11.6 Å². The Morgan fingerprint density at radius 3 is 2.84 bits per heavy atom. The van der Waals surface area contributed by atoms with Crippen LogP contribution >= 0.6 is 0 Å². The molecule has 0 aliphatic carbocycles. The zero-order valence-corrected chi connectivity index (χ0v) is 11.9. The predicted octanol–water partition coefficient (Wildman–Crippen LogP) is 3.86. The van der Waals surface area contributed by atoms with E-state index in [-0.39, 0.29) is 6.04 Å². The van der Waals surface area contributed by atoms with E-state index in [1.807, 2.05) is 32.9 Å². The molecule has 2 rings (SSSR count). The normalized spacial score (nSPS) is 12.2. The number of furan rings is 1. The van der Waals surface area contributed by atoms with E-state index in [4.69, 9.17) is 9.15 Å². The molecule has 0 aliphatic rings. The summed E-state index contributed by atoms with van der Waals surface area (Å²) >= 11 is 0. The Kier molecular flexibility index (Phi) is 4.10. The number of hydrogen-bond donors (Lipinski definition) is 1. The molecular formula is C15H20N2O2. The zero-order chi connectivity index (χ0) is 13.8. The summed E-state index contributed by atoms with van der Waals surface area (Å²) in [4.78, 5) is 4.33. The largest absolute Gasteiger partial charge is 0.490 e. The summed E-state index contributed by atoms with van der Waals surface area (Å²) in [6.45, 7) is 8.60. The van der Waals surface area contributed by atoms with Gasteiger partial charge in [-0.1, -0.05) is 0 Å². The van der Waals surface area contributed by atoms with Crippen molar-refractivity contribution in [2.45, 2.75) is 33.7 Å². The molecule has 0 bridgehead atoms. The monoisotopic (exact) mass is 260 g/mol. The van der Waals surface area contributed by atoms with Gasteiger partial charge in [-0.2, -0.15) is 0 Å². The number of ether oxygens (including phenoxy) is 1. The quantitative estimate of drug-likeness (QED) is 0.886. The minimum atomic E-state index is 0.117. The molecule has 19 heavy (non-hydrogen) atoms. The van der Waals surface area contributed by atoms with Gasteiger partial charge in [-0.05, 0) is 45.9 Å². The molecule has 1 atom stereocenters. The van der Waals surface area contributed by atoms with Gasteiger partial charge in [-0.25, -0.2) is 4.98 Å². The molecule has 0 radical (unpaired) electrons. The predicted molar refractivity (Wildman–Crippen MR) is 75.6 cm³/mol. The van der Waals surface area contributed by atoms with E-state index in [0.717, 1.165) is 28.7 Å². The van der Waals surface area contributed by atoms with E-state index in [2.05, 4.69) is 23.3 Å². The lowest BCUT2D eigenvalue weighted by Gasteiger charge is -2.16. The molecule has 1 unspecified atom stereocenters. The van der Waals surface area contributed by atoms with Crippen LogP contribution in [0, 0.1) is 13.8 Å². The third-order valence-corrected chi connectivity index (χ3v) is 2.97. The van der Waals surface area contributed by atoms with Crippen molar-refractivity contribution in [1.29, 1.82) is 0 Å². The molecule has 2 aromatic rings. The number of aromatic nitrogens is 1. The Hall–Kier alpha value is -1.97. The summed E-state index contributed by atoms with van der Waals surface area (Å²) in [5.41, 5.74) is 1.14. The second kappa shape index (κ2) is 5.78. The molecule has 0 aromatic carbocycles. The maximum atomic E-state index is 5.56. The molecule has 2 heterocycles. The molecule has 1 N–H and O–H groups in total. The fourth-order valence-electron chi connectivity index (χ4n) is 2.13. The van der Waals surface area contributed by atoms with Crippen LogP contribution in [0.3, 0.4) is 0 Å². The molecule has 102 valence electrons. The highest BCUT2D eigenvalue weighted by atomic mass is 16.5. The molecule has 0 spiro atoms. The van der Waals surface area contributed by atoms with Crippen molar-refractivity contribution in [2.24, 2.45) is 0 Å². The molecule has 2 aromatic heterocycles. The molecule has 0 fully saturated rings. The molecule has 0 saturated carbocycles. The van der Waals surface area contributed by atoms with E-state index in [0.29, 0.717) is 6.61 Å². The SMILES string of the molecule is CCOc1cccnc1NC(C)c1cc(C)oc1C. The van der Waals surface area contributed by atoms with Gasteiger partial charge in [0.1, 0.15) is 11.5 Å². The van der Waals surface area contributed by atoms with Crippen molar-refractivity contribution < 1.29 is 9.15 Å². The van der Waals surface area contributed by atoms with Crippen LogP contribution in [0.4, 0.5) is 5.82 Å². The van der Waals surface area contributed by atoms with Crippen LogP contribution in [0.25, 0.3) is 0 Å². The maximum absolute atomic E-state index is 5.56. The van der Waals surface area contributed by atoms with E-state index >= 15 is 0 Å². The summed E-state index contributed by atoms with van der Waals surface area (Å²) in [5, 5.41) is 3.37. The molecular weight excluding hydrogens is 240 g/mol. The lowest BCUT2D eigenvalue weighted by Crippen LogP contribution is -2.09. The highest BCUT2D eigenvalue weighted by molar-refractivity contribution is 5.51. The van der Waals surface area contributed by atoms with E-state index in [1.165, 1.54) is 0 Å². The van der Waals surface area contributed by atoms with Gasteiger partial charge >= 0.3 is 0 Å². The van der Waals surface area contributed by atoms with Crippen molar-refractivity contribution in [3.8, 4) is 5.75 Å². The van der Waals surface area contributed by atoms with Crippen LogP contribution < -0.4 is 10.1 Å². The second-order valence-corrected chi connectivity index (χ2v) is 4.52. The first kappa shape index (κ1) is 13.5. The lowest BCUT2D eigenvalue weighted by molar-refractivity contribution is 0.340. The summed E-state index contributed by atoms with van der Waals surface area (Å²) in [7, 11) is 0. The minimum absolute atomic E-state index is 0.117. The standard InChI is InChI=1S/C15H20N2O2/c1-5-18-14-7-6-8-16-15(14)17-11(3)13-9-10(2)19-12(13)4/h6-9,11H,5H2,1-4H3,(H,16,17). The third-order valence-electron chi connectivity index (χ3n) is 2.97. The molecule has 0 saturated heterocycles. The van der Waals surface area contributed by atoms with Gasteiger partial charge in [0.2, 0.25) is 0 Å². The van der Waals surface area contributed by atoms with Crippen molar-refractivity contribution in [3.63, 3.8) is 0 Å². The fourth-order valence-corrected chi connectivity index (χ4v) is 2.13. The fraction of sp³-hybridized carbons (Fsp3) is 0.400. The van der Waals surface area contributed by atoms with Gasteiger partial charge < -0.3 is 14.5 Å². The number of aryl methyl sites for hydroxylation is 2. The van der Waals surface area contributed by atoms with Gasteiger partial charge in [-0.15, -0.1) is 0 Å². The summed E-state index contributed by atoms with van der Waals surface area (Å²) < 4.78 is 11.1. The third kappa shape index (κ3) is 3.08. The summed E-state index contributed by atoms with van der Waals surface area (Å²) in [6.07, 6.45) is 1.76. The average Bonchev–Trinajstić information content (AvgIpc) is 2.71. The van der Waals surface area contributed by atoms with E-state index in [9.17, 15) is 0 Å². The lowest BCUT2D eigenvalue weighted by atomic mass is 10.1. The van der Waals surface area contributed by atoms with E-state index < -0.39 is 0 Å². The van der Waals surface area contributed by atoms with Gasteiger partial charge in [0.05, 0.1) is 12.6 Å². The van der Waals surface area contributed by atoms with Crippen LogP contribution in [-0.4, -0.2) is 11.6 Å². The highest BCUT2D eigenvalue weighted by Gasteiger charge is 2.14. The Labute approximate surface area is 113 Å². The number of nitrogens with one attached hydrogen (secondary N) is 1. The van der Waals surface area contributed by atoms with Gasteiger partial charge in [-0.3, -0.25) is 0 Å². The Morgan fingerprint density at radius 1 is 1.42 bits per heavy atom. The van der Waals surface area contributed by atoms with Crippen LogP contribution in [-0.2, 0) is 0 Å². The van der Waals surface area contributed by atoms with Crippen LogP contribution in [0.2, 0.25) is 0 Å². The molecule has 0 amide bonds. The van der Waals surface area contributed by atoms with Gasteiger partial charge in [0.25, 0.3) is 0 Å². The Morgan fingerprint density at radius 2 is 2.21 bits per heavy atom. The van der Waals surface area contributed by atoms with E-state index in [1.54, 1.807) is 6.20 Å². The number of nitrogens with zero attached hydrogens (tertiary/aromatic N) is 1. The highest BCUT2D eigenvalue weighted by Crippen LogP contribution is 2.28. The summed E-state index contributed by atoms with van der Waals surface area (Å²) in [6, 6.07) is 5.95.